The average molecular weight is 282 g/mol. The second kappa shape index (κ2) is 7.34. The lowest BCUT2D eigenvalue weighted by molar-refractivity contribution is -0.0164. The monoisotopic (exact) mass is 282 g/mol. The van der Waals surface area contributed by atoms with Gasteiger partial charge in [0, 0.05) is 18.7 Å². The molecule has 0 saturated carbocycles. The Morgan fingerprint density at radius 1 is 1.10 bits per heavy atom. The fraction of sp³-hybridized carbons (Fsp3) is 0.389. The van der Waals surface area contributed by atoms with Gasteiger partial charge in [-0.3, -0.25) is 4.98 Å². The molecule has 3 rings (SSSR count). The Morgan fingerprint density at radius 2 is 1.95 bits per heavy atom. The molecular weight excluding hydrogens is 260 g/mol. The van der Waals surface area contributed by atoms with E-state index in [0.717, 1.165) is 31.6 Å². The molecule has 3 nitrogen and oxygen atoms in total. The number of ether oxygens (including phenoxy) is 1. The maximum atomic E-state index is 6.15. The molecule has 2 heterocycles. The Hall–Kier alpha value is -1.71. The van der Waals surface area contributed by atoms with Crippen LogP contribution < -0.4 is 5.32 Å². The summed E-state index contributed by atoms with van der Waals surface area (Å²) in [5.74, 6) is 0.532. The molecule has 1 aliphatic heterocycles. The standard InChI is InChI=1S/C18H22N2O/c1-2-6-15(7-3-1)12-16-13-19-11-9-18(16)21-14-17-8-4-5-10-20-17/h1-8,10,16,18-19H,9,11-14H2/t16-,18+/m1/s1. The second-order valence-corrected chi connectivity index (χ2v) is 5.61. The van der Waals surface area contributed by atoms with Gasteiger partial charge in [-0.2, -0.15) is 0 Å². The lowest BCUT2D eigenvalue weighted by Crippen LogP contribution is -2.42. The molecule has 2 atom stereocenters. The number of rotatable bonds is 5. The van der Waals surface area contributed by atoms with Crippen molar-refractivity contribution in [3.8, 4) is 0 Å². The molecule has 1 aromatic heterocycles. The highest BCUT2D eigenvalue weighted by Crippen LogP contribution is 2.21. The molecule has 1 N–H and O–H groups in total. The number of aromatic nitrogens is 1. The predicted molar refractivity (Wildman–Crippen MR) is 83.9 cm³/mol. The van der Waals surface area contributed by atoms with E-state index in [-0.39, 0.29) is 0 Å². The van der Waals surface area contributed by atoms with Gasteiger partial charge < -0.3 is 10.1 Å². The van der Waals surface area contributed by atoms with Crippen molar-refractivity contribution in [2.45, 2.75) is 25.6 Å². The molecule has 2 aromatic rings. The van der Waals surface area contributed by atoms with E-state index in [0.29, 0.717) is 18.6 Å². The van der Waals surface area contributed by atoms with Crippen molar-refractivity contribution in [3.05, 3.63) is 66.0 Å². The lowest BCUT2D eigenvalue weighted by atomic mass is 9.89. The summed E-state index contributed by atoms with van der Waals surface area (Å²) in [6, 6.07) is 16.6. The van der Waals surface area contributed by atoms with E-state index in [1.165, 1.54) is 5.56 Å². The molecule has 21 heavy (non-hydrogen) atoms. The van der Waals surface area contributed by atoms with Crippen LogP contribution >= 0.6 is 0 Å². The van der Waals surface area contributed by atoms with Gasteiger partial charge in [0.05, 0.1) is 18.4 Å². The van der Waals surface area contributed by atoms with Crippen LogP contribution in [0.1, 0.15) is 17.7 Å². The summed E-state index contributed by atoms with van der Waals surface area (Å²) in [5, 5.41) is 3.49. The predicted octanol–water partition coefficient (Wildman–Crippen LogP) is 2.82. The SMILES string of the molecule is c1ccc(C[C@@H]2CNCC[C@@H]2OCc2ccccn2)cc1. The molecule has 0 amide bonds. The summed E-state index contributed by atoms with van der Waals surface area (Å²) < 4.78 is 6.15. The van der Waals surface area contributed by atoms with Gasteiger partial charge in [-0.05, 0) is 37.1 Å². The minimum absolute atomic E-state index is 0.313. The first-order valence-electron chi connectivity index (χ1n) is 7.68. The zero-order valence-corrected chi connectivity index (χ0v) is 12.2. The van der Waals surface area contributed by atoms with E-state index in [1.54, 1.807) is 0 Å². The first kappa shape index (κ1) is 14.2. The fourth-order valence-electron chi connectivity index (χ4n) is 2.91. The smallest absolute Gasteiger partial charge is 0.0891 e. The van der Waals surface area contributed by atoms with Crippen LogP contribution in [-0.2, 0) is 17.8 Å². The molecule has 1 aromatic carbocycles. The van der Waals surface area contributed by atoms with Gasteiger partial charge in [0.25, 0.3) is 0 Å². The largest absolute Gasteiger partial charge is 0.372 e. The van der Waals surface area contributed by atoms with Crippen LogP contribution in [-0.4, -0.2) is 24.2 Å². The third-order valence-electron chi connectivity index (χ3n) is 4.05. The Balaban J connectivity index is 1.59. The first-order valence-corrected chi connectivity index (χ1v) is 7.68. The minimum Gasteiger partial charge on any atom is -0.372 e. The zero-order chi connectivity index (χ0) is 14.3. The van der Waals surface area contributed by atoms with Gasteiger partial charge in [-0.25, -0.2) is 0 Å². The van der Waals surface area contributed by atoms with Crippen LogP contribution in [0.15, 0.2) is 54.7 Å². The van der Waals surface area contributed by atoms with Crippen molar-refractivity contribution >= 4 is 0 Å². The number of nitrogens with one attached hydrogen (secondary N) is 1. The summed E-state index contributed by atoms with van der Waals surface area (Å²) >= 11 is 0. The van der Waals surface area contributed by atoms with E-state index in [1.807, 2.05) is 24.4 Å². The van der Waals surface area contributed by atoms with Crippen molar-refractivity contribution < 1.29 is 4.74 Å². The number of benzene rings is 1. The van der Waals surface area contributed by atoms with Gasteiger partial charge in [0.2, 0.25) is 0 Å². The molecule has 0 radical (unpaired) electrons. The fourth-order valence-corrected chi connectivity index (χ4v) is 2.91. The van der Waals surface area contributed by atoms with E-state index < -0.39 is 0 Å². The Morgan fingerprint density at radius 3 is 2.76 bits per heavy atom. The molecule has 0 unspecified atom stereocenters. The second-order valence-electron chi connectivity index (χ2n) is 5.61. The highest BCUT2D eigenvalue weighted by molar-refractivity contribution is 5.15. The van der Waals surface area contributed by atoms with Gasteiger partial charge in [0.1, 0.15) is 0 Å². The summed E-state index contributed by atoms with van der Waals surface area (Å²) in [6.45, 7) is 2.68. The molecule has 0 bridgehead atoms. The van der Waals surface area contributed by atoms with Crippen LogP contribution in [0.2, 0.25) is 0 Å². The Bertz CT molecular complexity index is 529. The van der Waals surface area contributed by atoms with Crippen molar-refractivity contribution in [1.29, 1.82) is 0 Å². The van der Waals surface area contributed by atoms with Crippen LogP contribution in [0.25, 0.3) is 0 Å². The van der Waals surface area contributed by atoms with E-state index in [4.69, 9.17) is 4.74 Å². The highest BCUT2D eigenvalue weighted by atomic mass is 16.5. The molecule has 1 fully saturated rings. The van der Waals surface area contributed by atoms with E-state index >= 15 is 0 Å². The van der Waals surface area contributed by atoms with Crippen LogP contribution in [0, 0.1) is 5.92 Å². The maximum Gasteiger partial charge on any atom is 0.0891 e. The number of hydrogen-bond donors (Lipinski definition) is 1. The summed E-state index contributed by atoms with van der Waals surface area (Å²) in [7, 11) is 0. The maximum absolute atomic E-state index is 6.15. The zero-order valence-electron chi connectivity index (χ0n) is 12.2. The average Bonchev–Trinajstić information content (AvgIpc) is 2.56. The Labute approximate surface area is 126 Å². The van der Waals surface area contributed by atoms with E-state index in [9.17, 15) is 0 Å². The molecule has 3 heteroatoms. The quantitative estimate of drug-likeness (QED) is 0.915. The number of nitrogens with zero attached hydrogens (tertiary/aromatic N) is 1. The molecule has 1 saturated heterocycles. The van der Waals surface area contributed by atoms with Crippen molar-refractivity contribution in [2.24, 2.45) is 5.92 Å². The van der Waals surface area contributed by atoms with Crippen molar-refractivity contribution in [2.75, 3.05) is 13.1 Å². The summed E-state index contributed by atoms with van der Waals surface area (Å²) in [5.41, 5.74) is 2.40. The third kappa shape index (κ3) is 4.13. The number of piperidine rings is 1. The molecule has 0 aliphatic carbocycles. The van der Waals surface area contributed by atoms with Gasteiger partial charge >= 0.3 is 0 Å². The molecule has 110 valence electrons. The van der Waals surface area contributed by atoms with E-state index in [2.05, 4.69) is 40.6 Å². The molecular formula is C18H22N2O. The van der Waals surface area contributed by atoms with Crippen LogP contribution in [0.3, 0.4) is 0 Å². The molecule has 0 spiro atoms. The normalized spacial score (nSPS) is 22.1. The minimum atomic E-state index is 0.313. The molecule has 1 aliphatic rings. The van der Waals surface area contributed by atoms with Crippen LogP contribution in [0.4, 0.5) is 0 Å². The first-order chi connectivity index (χ1) is 10.4. The van der Waals surface area contributed by atoms with Gasteiger partial charge in [-0.1, -0.05) is 36.4 Å². The topological polar surface area (TPSA) is 34.1 Å². The number of hydrogen-bond acceptors (Lipinski definition) is 3. The number of pyridine rings is 1. The lowest BCUT2D eigenvalue weighted by Gasteiger charge is -2.32. The summed E-state index contributed by atoms with van der Waals surface area (Å²) in [6.07, 6.45) is 4.28. The third-order valence-corrected chi connectivity index (χ3v) is 4.05. The highest BCUT2D eigenvalue weighted by Gasteiger charge is 2.25. The van der Waals surface area contributed by atoms with Gasteiger partial charge in [0.15, 0.2) is 0 Å². The Kier molecular flexibility index (Phi) is 4.98. The summed E-state index contributed by atoms with van der Waals surface area (Å²) in [4.78, 5) is 4.33. The van der Waals surface area contributed by atoms with Crippen molar-refractivity contribution in [3.63, 3.8) is 0 Å². The van der Waals surface area contributed by atoms with Crippen LogP contribution in [0.5, 0.6) is 0 Å². The van der Waals surface area contributed by atoms with Gasteiger partial charge in [-0.15, -0.1) is 0 Å². The van der Waals surface area contributed by atoms with Crippen molar-refractivity contribution in [1.82, 2.24) is 10.3 Å².